The number of carbonyl (C=O) groups excluding carboxylic acids is 1. The molecule has 6 heteroatoms. The van der Waals surface area contributed by atoms with Crippen LogP contribution in [-0.2, 0) is 4.74 Å². The number of hydrogen-bond acceptors (Lipinski definition) is 2. The zero-order chi connectivity index (χ0) is 11.8. The van der Waals surface area contributed by atoms with E-state index < -0.39 is 13.0 Å². The molecular weight excluding hydrogens is 218 g/mol. The van der Waals surface area contributed by atoms with Gasteiger partial charge in [-0.05, 0) is 19.3 Å². The number of alkyl halides is 2. The number of hydrogen-bond donors (Lipinski definition) is 1. The van der Waals surface area contributed by atoms with Gasteiger partial charge in [0.2, 0.25) is 0 Å². The molecule has 0 spiro atoms. The third kappa shape index (κ3) is 5.25. The van der Waals surface area contributed by atoms with Crippen molar-refractivity contribution >= 4 is 6.03 Å². The van der Waals surface area contributed by atoms with Crippen molar-refractivity contribution < 1.29 is 18.3 Å². The molecule has 4 nitrogen and oxygen atoms in total. The van der Waals surface area contributed by atoms with Crippen molar-refractivity contribution in [3.63, 3.8) is 0 Å². The van der Waals surface area contributed by atoms with Crippen LogP contribution in [0, 0.1) is 0 Å². The van der Waals surface area contributed by atoms with Crippen LogP contribution in [-0.4, -0.2) is 50.2 Å². The number of halogens is 2. The molecule has 1 fully saturated rings. The number of rotatable bonds is 5. The van der Waals surface area contributed by atoms with Gasteiger partial charge in [0.25, 0.3) is 6.43 Å². The van der Waals surface area contributed by atoms with Gasteiger partial charge in [0.15, 0.2) is 0 Å². The standard InChI is InChI=1S/C10H18F2N2O2/c11-9(12)8-16-7-4-13-10(15)14-5-2-1-3-6-14/h9H,1-8H2,(H,13,15). The topological polar surface area (TPSA) is 41.6 Å². The summed E-state index contributed by atoms with van der Waals surface area (Å²) in [5.41, 5.74) is 0. The first kappa shape index (κ1) is 13.2. The number of piperidine rings is 1. The number of amides is 2. The van der Waals surface area contributed by atoms with Crippen LogP contribution in [0.1, 0.15) is 19.3 Å². The van der Waals surface area contributed by atoms with Crippen molar-refractivity contribution in [1.82, 2.24) is 10.2 Å². The summed E-state index contributed by atoms with van der Waals surface area (Å²) in [6.45, 7) is 1.40. The third-order valence-corrected chi connectivity index (χ3v) is 2.41. The molecule has 0 bridgehead atoms. The molecule has 0 radical (unpaired) electrons. The van der Waals surface area contributed by atoms with E-state index in [0.717, 1.165) is 25.9 Å². The minimum absolute atomic E-state index is 0.125. The predicted octanol–water partition coefficient (Wildman–Crippen LogP) is 1.46. The van der Waals surface area contributed by atoms with Gasteiger partial charge < -0.3 is 15.0 Å². The normalized spacial score (nSPS) is 16.6. The van der Waals surface area contributed by atoms with E-state index in [4.69, 9.17) is 0 Å². The maximum atomic E-state index is 11.7. The summed E-state index contributed by atoms with van der Waals surface area (Å²) in [6, 6.07) is -0.125. The lowest BCUT2D eigenvalue weighted by atomic mass is 10.1. The van der Waals surface area contributed by atoms with Crippen LogP contribution in [0.5, 0.6) is 0 Å². The number of likely N-dealkylation sites (tertiary alicyclic amines) is 1. The zero-order valence-corrected chi connectivity index (χ0v) is 9.25. The average Bonchev–Trinajstić information content (AvgIpc) is 2.29. The molecule has 0 aromatic rings. The zero-order valence-electron chi connectivity index (χ0n) is 9.25. The van der Waals surface area contributed by atoms with E-state index in [1.54, 1.807) is 4.90 Å². The van der Waals surface area contributed by atoms with Gasteiger partial charge in [0.05, 0.1) is 6.61 Å². The van der Waals surface area contributed by atoms with Crippen LogP contribution in [0.4, 0.5) is 13.6 Å². The number of nitrogens with zero attached hydrogens (tertiary/aromatic N) is 1. The first-order chi connectivity index (χ1) is 7.70. The van der Waals surface area contributed by atoms with Gasteiger partial charge in [-0.1, -0.05) is 0 Å². The van der Waals surface area contributed by atoms with Crippen molar-refractivity contribution in [2.24, 2.45) is 0 Å². The van der Waals surface area contributed by atoms with Crippen LogP contribution in [0.25, 0.3) is 0 Å². The van der Waals surface area contributed by atoms with Crippen LogP contribution in [0.2, 0.25) is 0 Å². The SMILES string of the molecule is O=C(NCCOCC(F)F)N1CCCCC1. The molecule has 0 aliphatic carbocycles. The molecule has 94 valence electrons. The van der Waals surface area contributed by atoms with Crippen molar-refractivity contribution in [3.8, 4) is 0 Å². The summed E-state index contributed by atoms with van der Waals surface area (Å²) < 4.78 is 28.0. The summed E-state index contributed by atoms with van der Waals surface area (Å²) in [4.78, 5) is 13.3. The van der Waals surface area contributed by atoms with Gasteiger partial charge in [-0.2, -0.15) is 0 Å². The first-order valence-electron chi connectivity index (χ1n) is 5.59. The lowest BCUT2D eigenvalue weighted by Gasteiger charge is -2.26. The molecule has 1 aliphatic rings. The number of urea groups is 1. The number of carbonyl (C=O) groups is 1. The van der Waals surface area contributed by atoms with E-state index in [2.05, 4.69) is 10.1 Å². The van der Waals surface area contributed by atoms with Crippen LogP contribution in [0.3, 0.4) is 0 Å². The Bertz CT molecular complexity index is 209. The highest BCUT2D eigenvalue weighted by molar-refractivity contribution is 5.74. The smallest absolute Gasteiger partial charge is 0.317 e. The molecule has 0 unspecified atom stereocenters. The maximum absolute atomic E-state index is 11.7. The Morgan fingerprint density at radius 1 is 1.31 bits per heavy atom. The molecule has 2 amide bonds. The Hall–Kier alpha value is -0.910. The second kappa shape index (κ2) is 7.38. The Morgan fingerprint density at radius 3 is 2.62 bits per heavy atom. The molecule has 1 aliphatic heterocycles. The molecule has 1 heterocycles. The minimum atomic E-state index is -2.45. The Balaban J connectivity index is 2.01. The van der Waals surface area contributed by atoms with E-state index in [9.17, 15) is 13.6 Å². The summed E-state index contributed by atoms with van der Waals surface area (Å²) in [5.74, 6) is 0. The number of ether oxygens (including phenoxy) is 1. The highest BCUT2D eigenvalue weighted by Gasteiger charge is 2.15. The Morgan fingerprint density at radius 2 is 2.00 bits per heavy atom. The quantitative estimate of drug-likeness (QED) is 0.734. The molecule has 0 saturated carbocycles. The van der Waals surface area contributed by atoms with Gasteiger partial charge in [-0.15, -0.1) is 0 Å². The second-order valence-electron chi connectivity index (χ2n) is 3.75. The first-order valence-corrected chi connectivity index (χ1v) is 5.59. The fraction of sp³-hybridized carbons (Fsp3) is 0.900. The fourth-order valence-corrected chi connectivity index (χ4v) is 1.61. The van der Waals surface area contributed by atoms with Crippen LogP contribution < -0.4 is 5.32 Å². The van der Waals surface area contributed by atoms with Crippen molar-refractivity contribution in [3.05, 3.63) is 0 Å². The molecule has 1 rings (SSSR count). The molecule has 1 saturated heterocycles. The van der Waals surface area contributed by atoms with Crippen molar-refractivity contribution in [1.29, 1.82) is 0 Å². The summed E-state index contributed by atoms with van der Waals surface area (Å²) >= 11 is 0. The molecule has 0 aromatic carbocycles. The molecule has 0 atom stereocenters. The van der Waals surface area contributed by atoms with E-state index in [1.165, 1.54) is 6.42 Å². The van der Waals surface area contributed by atoms with Gasteiger partial charge in [0, 0.05) is 19.6 Å². The summed E-state index contributed by atoms with van der Waals surface area (Å²) in [5, 5.41) is 2.64. The summed E-state index contributed by atoms with van der Waals surface area (Å²) in [7, 11) is 0. The average molecular weight is 236 g/mol. The van der Waals surface area contributed by atoms with Gasteiger partial charge in [0.1, 0.15) is 6.61 Å². The minimum Gasteiger partial charge on any atom is -0.374 e. The van der Waals surface area contributed by atoms with E-state index >= 15 is 0 Å². The van der Waals surface area contributed by atoms with E-state index in [1.807, 2.05) is 0 Å². The lowest BCUT2D eigenvalue weighted by molar-refractivity contribution is 0.0190. The Labute approximate surface area is 93.9 Å². The van der Waals surface area contributed by atoms with Gasteiger partial charge >= 0.3 is 6.03 Å². The highest BCUT2D eigenvalue weighted by atomic mass is 19.3. The van der Waals surface area contributed by atoms with E-state index in [0.29, 0.717) is 0 Å². The van der Waals surface area contributed by atoms with Gasteiger partial charge in [-0.3, -0.25) is 0 Å². The highest BCUT2D eigenvalue weighted by Crippen LogP contribution is 2.08. The van der Waals surface area contributed by atoms with Crippen molar-refractivity contribution in [2.75, 3.05) is 32.8 Å². The van der Waals surface area contributed by atoms with Crippen LogP contribution >= 0.6 is 0 Å². The van der Waals surface area contributed by atoms with E-state index in [-0.39, 0.29) is 19.2 Å². The largest absolute Gasteiger partial charge is 0.374 e. The monoisotopic (exact) mass is 236 g/mol. The molecule has 0 aromatic heterocycles. The van der Waals surface area contributed by atoms with Crippen LogP contribution in [0.15, 0.2) is 0 Å². The van der Waals surface area contributed by atoms with Crippen molar-refractivity contribution in [2.45, 2.75) is 25.7 Å². The summed E-state index contributed by atoms with van der Waals surface area (Å²) in [6.07, 6.45) is 0.795. The maximum Gasteiger partial charge on any atom is 0.317 e. The number of nitrogens with one attached hydrogen (secondary N) is 1. The van der Waals surface area contributed by atoms with Gasteiger partial charge in [-0.25, -0.2) is 13.6 Å². The predicted molar refractivity (Wildman–Crippen MR) is 55.6 cm³/mol. The third-order valence-electron chi connectivity index (χ3n) is 2.41. The second-order valence-corrected chi connectivity index (χ2v) is 3.75. The molecular formula is C10H18F2N2O2. The molecule has 16 heavy (non-hydrogen) atoms. The fourth-order valence-electron chi connectivity index (χ4n) is 1.61. The molecule has 1 N–H and O–H groups in total. The lowest BCUT2D eigenvalue weighted by Crippen LogP contribution is -2.43. The Kier molecular flexibility index (Phi) is 6.07.